The van der Waals surface area contributed by atoms with Crippen molar-refractivity contribution in [3.63, 3.8) is 0 Å². The van der Waals surface area contributed by atoms with Crippen LogP contribution in [0.1, 0.15) is 11.6 Å². The molecule has 4 heteroatoms. The van der Waals surface area contributed by atoms with E-state index in [1.807, 2.05) is 37.3 Å². The van der Waals surface area contributed by atoms with Crippen LogP contribution in [0.5, 0.6) is 0 Å². The van der Waals surface area contributed by atoms with Gasteiger partial charge in [0.25, 0.3) is 5.56 Å². The third-order valence-corrected chi connectivity index (χ3v) is 2.92. The monoisotopic (exact) mass is 240 g/mol. The van der Waals surface area contributed by atoms with Crippen molar-refractivity contribution in [1.29, 1.82) is 0 Å². The van der Waals surface area contributed by atoms with Crippen molar-refractivity contribution in [2.45, 2.75) is 13.8 Å². The molecule has 0 aliphatic carbocycles. The highest BCUT2D eigenvalue weighted by atomic mass is 16.3. The van der Waals surface area contributed by atoms with Gasteiger partial charge < -0.3 is 9.40 Å². The molecule has 2 aromatic heterocycles. The van der Waals surface area contributed by atoms with E-state index in [1.54, 1.807) is 6.92 Å². The zero-order chi connectivity index (χ0) is 12.7. The second-order valence-electron chi connectivity index (χ2n) is 4.23. The highest BCUT2D eigenvalue weighted by Gasteiger charge is 2.17. The van der Waals surface area contributed by atoms with Gasteiger partial charge in [0.05, 0.1) is 0 Å². The summed E-state index contributed by atoms with van der Waals surface area (Å²) in [5.74, 6) is 1.26. The molecule has 0 atom stereocenters. The van der Waals surface area contributed by atoms with Crippen LogP contribution in [0.3, 0.4) is 0 Å². The van der Waals surface area contributed by atoms with E-state index in [2.05, 4.69) is 9.97 Å². The first-order valence-corrected chi connectivity index (χ1v) is 5.72. The molecule has 0 saturated heterocycles. The standard InChI is InChI=1S/C14H12N2O2/c1-8-11(10-6-4-3-5-7-10)12-13(17)15-9(2)16-14(12)18-8/h3-7H,1-2H3,(H,15,16,17). The van der Waals surface area contributed by atoms with E-state index in [9.17, 15) is 4.79 Å². The molecular weight excluding hydrogens is 228 g/mol. The number of aromatic amines is 1. The second-order valence-corrected chi connectivity index (χ2v) is 4.23. The average molecular weight is 240 g/mol. The van der Waals surface area contributed by atoms with Gasteiger partial charge >= 0.3 is 0 Å². The van der Waals surface area contributed by atoms with E-state index < -0.39 is 0 Å². The smallest absolute Gasteiger partial charge is 0.262 e. The maximum atomic E-state index is 12.1. The molecule has 3 aromatic rings. The van der Waals surface area contributed by atoms with Crippen LogP contribution in [0, 0.1) is 13.8 Å². The molecule has 90 valence electrons. The molecule has 0 radical (unpaired) electrons. The summed E-state index contributed by atoms with van der Waals surface area (Å²) in [6.45, 7) is 3.58. The number of rotatable bonds is 1. The number of hydrogen-bond donors (Lipinski definition) is 1. The van der Waals surface area contributed by atoms with Gasteiger partial charge in [0.15, 0.2) is 0 Å². The predicted octanol–water partition coefficient (Wildman–Crippen LogP) is 2.80. The van der Waals surface area contributed by atoms with Crippen LogP contribution >= 0.6 is 0 Å². The van der Waals surface area contributed by atoms with Crippen LogP contribution in [-0.2, 0) is 0 Å². The van der Waals surface area contributed by atoms with Crippen LogP contribution in [0.2, 0.25) is 0 Å². The minimum atomic E-state index is -0.159. The van der Waals surface area contributed by atoms with Gasteiger partial charge in [-0.25, -0.2) is 0 Å². The highest BCUT2D eigenvalue weighted by molar-refractivity contribution is 5.93. The summed E-state index contributed by atoms with van der Waals surface area (Å²) in [6.07, 6.45) is 0. The molecule has 4 nitrogen and oxygen atoms in total. The van der Waals surface area contributed by atoms with Crippen molar-refractivity contribution in [2.75, 3.05) is 0 Å². The fourth-order valence-corrected chi connectivity index (χ4v) is 2.18. The number of benzene rings is 1. The minimum Gasteiger partial charge on any atom is -0.442 e. The van der Waals surface area contributed by atoms with E-state index in [1.165, 1.54) is 0 Å². The SMILES string of the molecule is Cc1nc2oc(C)c(-c3ccccc3)c2c(=O)[nH]1. The first-order valence-electron chi connectivity index (χ1n) is 5.72. The number of H-pyrrole nitrogens is 1. The average Bonchev–Trinajstić information content (AvgIpc) is 2.66. The molecule has 0 saturated carbocycles. The molecule has 1 N–H and O–H groups in total. The summed E-state index contributed by atoms with van der Waals surface area (Å²) < 4.78 is 5.58. The Labute approximate surface area is 103 Å². The van der Waals surface area contributed by atoms with Gasteiger partial charge in [-0.3, -0.25) is 4.79 Å². The zero-order valence-corrected chi connectivity index (χ0v) is 10.2. The summed E-state index contributed by atoms with van der Waals surface area (Å²) >= 11 is 0. The molecule has 3 rings (SSSR count). The Balaban J connectivity index is 2.44. The Hall–Kier alpha value is -2.36. The van der Waals surface area contributed by atoms with Gasteiger partial charge in [0.2, 0.25) is 5.71 Å². The third-order valence-electron chi connectivity index (χ3n) is 2.92. The van der Waals surface area contributed by atoms with E-state index in [0.29, 0.717) is 22.7 Å². The Morgan fingerprint density at radius 3 is 2.61 bits per heavy atom. The van der Waals surface area contributed by atoms with Crippen LogP contribution in [0.15, 0.2) is 39.5 Å². The number of aryl methyl sites for hydroxylation is 2. The maximum absolute atomic E-state index is 12.1. The van der Waals surface area contributed by atoms with Crippen molar-refractivity contribution in [1.82, 2.24) is 9.97 Å². The topological polar surface area (TPSA) is 58.9 Å². The number of hydrogen-bond acceptors (Lipinski definition) is 3. The van der Waals surface area contributed by atoms with Gasteiger partial charge in [0.1, 0.15) is 17.0 Å². The van der Waals surface area contributed by atoms with Crippen molar-refractivity contribution in [3.8, 4) is 11.1 Å². The quantitative estimate of drug-likeness (QED) is 0.711. The van der Waals surface area contributed by atoms with Gasteiger partial charge in [-0.05, 0) is 19.4 Å². The minimum absolute atomic E-state index is 0.159. The fourth-order valence-electron chi connectivity index (χ4n) is 2.18. The van der Waals surface area contributed by atoms with E-state index in [0.717, 1.165) is 11.1 Å². The van der Waals surface area contributed by atoms with E-state index >= 15 is 0 Å². The van der Waals surface area contributed by atoms with Crippen LogP contribution in [-0.4, -0.2) is 9.97 Å². The molecule has 0 fully saturated rings. The Morgan fingerprint density at radius 2 is 1.89 bits per heavy atom. The van der Waals surface area contributed by atoms with Crippen molar-refractivity contribution < 1.29 is 4.42 Å². The van der Waals surface area contributed by atoms with Gasteiger partial charge in [0, 0.05) is 5.56 Å². The highest BCUT2D eigenvalue weighted by Crippen LogP contribution is 2.31. The molecule has 2 heterocycles. The second kappa shape index (κ2) is 3.84. The first kappa shape index (κ1) is 10.8. The maximum Gasteiger partial charge on any atom is 0.262 e. The van der Waals surface area contributed by atoms with Crippen LogP contribution in [0.25, 0.3) is 22.2 Å². The largest absolute Gasteiger partial charge is 0.442 e. The predicted molar refractivity (Wildman–Crippen MR) is 69.5 cm³/mol. The van der Waals surface area contributed by atoms with Gasteiger partial charge in [-0.15, -0.1) is 0 Å². The van der Waals surface area contributed by atoms with Gasteiger partial charge in [-0.2, -0.15) is 4.98 Å². The van der Waals surface area contributed by atoms with E-state index in [-0.39, 0.29) is 5.56 Å². The number of nitrogens with zero attached hydrogens (tertiary/aromatic N) is 1. The summed E-state index contributed by atoms with van der Waals surface area (Å²) in [6, 6.07) is 9.72. The molecule has 0 spiro atoms. The number of fused-ring (bicyclic) bond motifs is 1. The Bertz CT molecular complexity index is 770. The zero-order valence-electron chi connectivity index (χ0n) is 10.2. The molecule has 0 bridgehead atoms. The van der Waals surface area contributed by atoms with Crippen molar-refractivity contribution >= 4 is 11.1 Å². The molecule has 0 unspecified atom stereocenters. The molecule has 0 aliphatic rings. The number of aromatic nitrogens is 2. The lowest BCUT2D eigenvalue weighted by atomic mass is 10.0. The van der Waals surface area contributed by atoms with Crippen molar-refractivity contribution in [2.24, 2.45) is 0 Å². The molecule has 1 aromatic carbocycles. The Kier molecular flexibility index (Phi) is 2.30. The summed E-state index contributed by atoms with van der Waals surface area (Å²) in [7, 11) is 0. The lowest BCUT2D eigenvalue weighted by Crippen LogP contribution is -2.09. The lowest BCUT2D eigenvalue weighted by molar-refractivity contribution is 0.567. The summed E-state index contributed by atoms with van der Waals surface area (Å²) in [5, 5.41) is 0.518. The summed E-state index contributed by atoms with van der Waals surface area (Å²) in [4.78, 5) is 19.0. The van der Waals surface area contributed by atoms with Crippen LogP contribution in [0.4, 0.5) is 0 Å². The fraction of sp³-hybridized carbons (Fsp3) is 0.143. The summed E-state index contributed by atoms with van der Waals surface area (Å²) in [5.41, 5.74) is 2.02. The third kappa shape index (κ3) is 1.54. The number of furan rings is 1. The molecule has 0 amide bonds. The van der Waals surface area contributed by atoms with Gasteiger partial charge in [-0.1, -0.05) is 30.3 Å². The van der Waals surface area contributed by atoms with Crippen LogP contribution < -0.4 is 5.56 Å². The molecular formula is C14H12N2O2. The first-order chi connectivity index (χ1) is 8.66. The lowest BCUT2D eigenvalue weighted by Gasteiger charge is -1.99. The Morgan fingerprint density at radius 1 is 1.17 bits per heavy atom. The number of nitrogens with one attached hydrogen (secondary N) is 1. The normalized spacial score (nSPS) is 11.0. The van der Waals surface area contributed by atoms with E-state index in [4.69, 9.17) is 4.42 Å². The molecule has 18 heavy (non-hydrogen) atoms. The molecule has 0 aliphatic heterocycles. The van der Waals surface area contributed by atoms with Crippen molar-refractivity contribution in [3.05, 3.63) is 52.3 Å².